The Morgan fingerprint density at radius 3 is 2.00 bits per heavy atom. The van der Waals surface area contributed by atoms with Gasteiger partial charge in [-0.15, -0.1) is 0 Å². The fraction of sp³-hybridized carbons (Fsp3) is 0.385. The van der Waals surface area contributed by atoms with Crippen LogP contribution in [0, 0.1) is 0 Å². The van der Waals surface area contributed by atoms with Crippen LogP contribution in [0.25, 0.3) is 0 Å². The molecule has 0 fully saturated rings. The van der Waals surface area contributed by atoms with Gasteiger partial charge in [-0.25, -0.2) is 18.1 Å². The van der Waals surface area contributed by atoms with Crippen molar-refractivity contribution in [3.05, 3.63) is 48.0 Å². The number of halogens is 5. The third kappa shape index (κ3) is 3.49. The lowest BCUT2D eigenvalue weighted by Crippen LogP contribution is -2.53. The molecule has 25 heavy (non-hydrogen) atoms. The summed E-state index contributed by atoms with van der Waals surface area (Å²) in [4.78, 5) is 3.49. The van der Waals surface area contributed by atoms with Crippen LogP contribution in [0.2, 0.25) is 0 Å². The van der Waals surface area contributed by atoms with Crippen molar-refractivity contribution in [1.29, 1.82) is 0 Å². The van der Waals surface area contributed by atoms with E-state index in [0.717, 1.165) is 17.3 Å². The summed E-state index contributed by atoms with van der Waals surface area (Å²) in [5.41, 5.74) is -5.22. The molecule has 0 amide bonds. The molecule has 2 aromatic rings. The molecule has 1 aromatic carbocycles. The summed E-state index contributed by atoms with van der Waals surface area (Å²) in [5.74, 6) is 0. The molecule has 1 N–H and O–H groups in total. The van der Waals surface area contributed by atoms with Gasteiger partial charge < -0.3 is 5.11 Å². The van der Waals surface area contributed by atoms with E-state index in [0.29, 0.717) is 24.3 Å². The maximum Gasteiger partial charge on any atom is 0.416 e. The average Bonchev–Trinajstić information content (AvgIpc) is 2.97. The van der Waals surface area contributed by atoms with Gasteiger partial charge in [-0.05, 0) is 17.7 Å². The van der Waals surface area contributed by atoms with Crippen LogP contribution in [0.3, 0.4) is 0 Å². The monoisotopic (exact) mass is 385 g/mol. The minimum absolute atomic E-state index is 0.212. The Morgan fingerprint density at radius 2 is 1.60 bits per heavy atom. The average molecular weight is 385 g/mol. The first-order valence-electron chi connectivity index (χ1n) is 6.59. The topological polar surface area (TPSA) is 85.1 Å². The predicted octanol–water partition coefficient (Wildman–Crippen LogP) is 1.82. The predicted molar refractivity (Wildman–Crippen MR) is 75.2 cm³/mol. The summed E-state index contributed by atoms with van der Waals surface area (Å²) in [7, 11) is -5.12. The summed E-state index contributed by atoms with van der Waals surface area (Å²) >= 11 is 0. The highest BCUT2D eigenvalue weighted by atomic mass is 32.2. The Labute approximate surface area is 138 Å². The van der Waals surface area contributed by atoms with E-state index in [1.54, 1.807) is 0 Å². The molecule has 138 valence electrons. The molecule has 0 unspecified atom stereocenters. The lowest BCUT2D eigenvalue weighted by atomic mass is 9.92. The third-order valence-electron chi connectivity index (χ3n) is 3.49. The number of aliphatic hydroxyl groups is 1. The van der Waals surface area contributed by atoms with Crippen LogP contribution >= 0.6 is 0 Å². The summed E-state index contributed by atoms with van der Waals surface area (Å²) < 4.78 is 90.5. The molecule has 0 aliphatic heterocycles. The first kappa shape index (κ1) is 19.2. The fourth-order valence-electron chi connectivity index (χ4n) is 2.14. The van der Waals surface area contributed by atoms with Gasteiger partial charge in [0.15, 0.2) is 5.60 Å². The first-order chi connectivity index (χ1) is 11.3. The van der Waals surface area contributed by atoms with Gasteiger partial charge in [-0.3, -0.25) is 0 Å². The molecule has 0 bridgehead atoms. The zero-order valence-corrected chi connectivity index (χ0v) is 13.4. The van der Waals surface area contributed by atoms with Crippen LogP contribution < -0.4 is 0 Å². The van der Waals surface area contributed by atoms with Crippen molar-refractivity contribution in [2.75, 3.05) is 6.26 Å². The van der Waals surface area contributed by atoms with Gasteiger partial charge >= 0.3 is 11.4 Å². The Kier molecular flexibility index (Phi) is 4.63. The van der Waals surface area contributed by atoms with Crippen molar-refractivity contribution in [2.45, 2.75) is 23.6 Å². The van der Waals surface area contributed by atoms with E-state index >= 15 is 0 Å². The molecular weight excluding hydrogens is 373 g/mol. The highest BCUT2D eigenvalue weighted by Gasteiger charge is 2.61. The van der Waals surface area contributed by atoms with E-state index in [-0.39, 0.29) is 6.26 Å². The number of aromatic nitrogens is 3. The van der Waals surface area contributed by atoms with Crippen LogP contribution in [0.1, 0.15) is 11.1 Å². The van der Waals surface area contributed by atoms with Gasteiger partial charge in [-0.2, -0.15) is 27.1 Å². The van der Waals surface area contributed by atoms with Crippen LogP contribution in [0.15, 0.2) is 36.9 Å². The summed E-state index contributed by atoms with van der Waals surface area (Å²) in [6.45, 7) is -1.04. The molecule has 0 saturated heterocycles. The van der Waals surface area contributed by atoms with E-state index < -0.39 is 44.5 Å². The van der Waals surface area contributed by atoms with E-state index in [1.165, 1.54) is 0 Å². The molecule has 12 heteroatoms. The van der Waals surface area contributed by atoms with Crippen molar-refractivity contribution < 1.29 is 35.5 Å². The van der Waals surface area contributed by atoms with E-state index in [2.05, 4.69) is 10.1 Å². The fourth-order valence-corrected chi connectivity index (χ4v) is 2.94. The zero-order valence-electron chi connectivity index (χ0n) is 12.6. The minimum Gasteiger partial charge on any atom is -0.376 e. The van der Waals surface area contributed by atoms with Gasteiger partial charge in [0.2, 0.25) is 9.84 Å². The molecule has 0 spiro atoms. The first-order valence-corrected chi connectivity index (χ1v) is 8.48. The quantitative estimate of drug-likeness (QED) is 0.794. The van der Waals surface area contributed by atoms with Gasteiger partial charge in [0.25, 0.3) is 0 Å². The highest BCUT2D eigenvalue weighted by molar-refractivity contribution is 7.91. The number of sulfone groups is 1. The maximum absolute atomic E-state index is 14.5. The second-order valence-electron chi connectivity index (χ2n) is 5.32. The van der Waals surface area contributed by atoms with Crippen molar-refractivity contribution in [3.8, 4) is 0 Å². The lowest BCUT2D eigenvalue weighted by Gasteiger charge is -2.34. The molecule has 1 heterocycles. The Hall–Kier alpha value is -2.08. The minimum atomic E-state index is -5.12. The normalized spacial score (nSPS) is 15.8. The molecule has 0 saturated carbocycles. The van der Waals surface area contributed by atoms with Crippen LogP contribution in [-0.4, -0.2) is 39.8 Å². The van der Waals surface area contributed by atoms with Crippen molar-refractivity contribution >= 4 is 9.84 Å². The molecule has 6 nitrogen and oxygen atoms in total. The number of benzene rings is 1. The van der Waals surface area contributed by atoms with Gasteiger partial charge in [0.1, 0.15) is 12.7 Å². The number of nitrogens with zero attached hydrogens (tertiary/aromatic N) is 3. The van der Waals surface area contributed by atoms with Gasteiger partial charge in [0.05, 0.1) is 12.1 Å². The second-order valence-corrected chi connectivity index (χ2v) is 7.37. The molecule has 0 aliphatic rings. The standard InChI is InChI=1S/C13H12F5N3O3S/c1-25(23,24)13(17,18)11(22,6-21-8-19-7-20-21)9-2-4-10(5-3-9)12(14,15)16/h2-5,7-8,22H,6H2,1H3/t11-/m0/s1. The summed E-state index contributed by atoms with van der Waals surface area (Å²) in [6, 6.07) is 2.14. The largest absolute Gasteiger partial charge is 0.416 e. The number of rotatable bonds is 5. The molecule has 1 atom stereocenters. The van der Waals surface area contributed by atoms with Gasteiger partial charge in [-0.1, -0.05) is 12.1 Å². The smallest absolute Gasteiger partial charge is 0.376 e. The van der Waals surface area contributed by atoms with E-state index in [1.807, 2.05) is 0 Å². The van der Waals surface area contributed by atoms with Crippen molar-refractivity contribution in [3.63, 3.8) is 0 Å². The summed E-state index contributed by atoms with van der Waals surface area (Å²) in [5, 5.41) is 9.33. The van der Waals surface area contributed by atoms with E-state index in [9.17, 15) is 35.5 Å². The zero-order chi connectivity index (χ0) is 19.1. The lowest BCUT2D eigenvalue weighted by molar-refractivity contribution is -0.144. The molecule has 1 aromatic heterocycles. The molecule has 0 aliphatic carbocycles. The molecule has 2 rings (SSSR count). The third-order valence-corrected chi connectivity index (χ3v) is 4.76. The SMILES string of the molecule is CS(=O)(=O)C(F)(F)[C@](O)(Cn1cncn1)c1ccc(C(F)(F)F)cc1. The van der Waals surface area contributed by atoms with E-state index in [4.69, 9.17) is 0 Å². The molecular formula is C13H12F5N3O3S. The number of hydrogen-bond donors (Lipinski definition) is 1. The maximum atomic E-state index is 14.5. The van der Waals surface area contributed by atoms with Gasteiger partial charge in [0, 0.05) is 6.26 Å². The highest BCUT2D eigenvalue weighted by Crippen LogP contribution is 2.43. The number of hydrogen-bond acceptors (Lipinski definition) is 5. The number of alkyl halides is 5. The Balaban J connectivity index is 2.59. The van der Waals surface area contributed by atoms with Crippen LogP contribution in [0.4, 0.5) is 22.0 Å². The molecule has 0 radical (unpaired) electrons. The second kappa shape index (κ2) is 6.02. The summed E-state index contributed by atoms with van der Waals surface area (Å²) in [6.07, 6.45) is -2.59. The van der Waals surface area contributed by atoms with Crippen molar-refractivity contribution in [1.82, 2.24) is 14.8 Å². The Bertz CT molecular complexity index is 835. The van der Waals surface area contributed by atoms with Crippen LogP contribution in [-0.2, 0) is 28.2 Å². The van der Waals surface area contributed by atoms with Crippen LogP contribution in [0.5, 0.6) is 0 Å². The van der Waals surface area contributed by atoms with Crippen molar-refractivity contribution in [2.24, 2.45) is 0 Å². The Morgan fingerprint density at radius 1 is 1.08 bits per heavy atom.